The lowest BCUT2D eigenvalue weighted by Crippen LogP contribution is -2.27. The number of phenols is 2. The standard InChI is InChI=1S/C22H20N2O4/c1-23(17-7-11-19(25)12-8-17)21(27)15-3-5-16(6-4-15)22(28)24(2)18-9-13-20(26)14-10-18/h3-14,25-26H,1-2H3. The summed E-state index contributed by atoms with van der Waals surface area (Å²) in [6, 6.07) is 19.1. The number of hydrogen-bond donors (Lipinski definition) is 2. The summed E-state index contributed by atoms with van der Waals surface area (Å²) in [4.78, 5) is 28.2. The minimum atomic E-state index is -0.225. The van der Waals surface area contributed by atoms with Crippen LogP contribution < -0.4 is 9.80 Å². The summed E-state index contributed by atoms with van der Waals surface area (Å²) in [5, 5.41) is 18.7. The molecule has 0 radical (unpaired) electrons. The highest BCUT2D eigenvalue weighted by molar-refractivity contribution is 6.08. The first kappa shape index (κ1) is 19.0. The molecule has 2 amide bonds. The fourth-order valence-corrected chi connectivity index (χ4v) is 2.73. The second kappa shape index (κ2) is 7.84. The van der Waals surface area contributed by atoms with E-state index in [-0.39, 0.29) is 23.3 Å². The Morgan fingerprint density at radius 1 is 0.571 bits per heavy atom. The smallest absolute Gasteiger partial charge is 0.258 e. The van der Waals surface area contributed by atoms with Gasteiger partial charge < -0.3 is 20.0 Å². The zero-order valence-electron chi connectivity index (χ0n) is 15.5. The van der Waals surface area contributed by atoms with Crippen LogP contribution in [0.25, 0.3) is 0 Å². The molecular weight excluding hydrogens is 356 g/mol. The molecule has 0 saturated carbocycles. The second-order valence-corrected chi connectivity index (χ2v) is 6.34. The summed E-state index contributed by atoms with van der Waals surface area (Å²) in [6.07, 6.45) is 0. The highest BCUT2D eigenvalue weighted by atomic mass is 16.3. The van der Waals surface area contributed by atoms with E-state index in [4.69, 9.17) is 0 Å². The maximum Gasteiger partial charge on any atom is 0.258 e. The second-order valence-electron chi connectivity index (χ2n) is 6.34. The Morgan fingerprint density at radius 3 is 1.14 bits per heavy atom. The Balaban J connectivity index is 1.75. The first-order chi connectivity index (χ1) is 13.4. The SMILES string of the molecule is CN(C(=O)c1ccc(C(=O)N(C)c2ccc(O)cc2)cc1)c1ccc(O)cc1. The average molecular weight is 376 g/mol. The van der Waals surface area contributed by atoms with Crippen LogP contribution in [0.4, 0.5) is 11.4 Å². The number of aromatic hydroxyl groups is 2. The molecule has 2 N–H and O–H groups in total. The van der Waals surface area contributed by atoms with E-state index in [1.165, 1.54) is 34.1 Å². The molecule has 6 heteroatoms. The Hall–Kier alpha value is -3.80. The lowest BCUT2D eigenvalue weighted by molar-refractivity contribution is 0.0981. The molecule has 142 valence electrons. The zero-order valence-corrected chi connectivity index (χ0v) is 15.5. The molecule has 0 aliphatic carbocycles. The van der Waals surface area contributed by atoms with Crippen LogP contribution in [-0.2, 0) is 0 Å². The summed E-state index contributed by atoms with van der Waals surface area (Å²) in [7, 11) is 3.29. The number of carbonyl (C=O) groups excluding carboxylic acids is 2. The first-order valence-corrected chi connectivity index (χ1v) is 8.61. The van der Waals surface area contributed by atoms with Crippen molar-refractivity contribution in [3.63, 3.8) is 0 Å². The third-order valence-corrected chi connectivity index (χ3v) is 4.46. The Labute approximate surface area is 162 Å². The van der Waals surface area contributed by atoms with Crippen LogP contribution in [0.3, 0.4) is 0 Å². The van der Waals surface area contributed by atoms with E-state index >= 15 is 0 Å². The molecule has 0 aliphatic heterocycles. The van der Waals surface area contributed by atoms with Crippen molar-refractivity contribution in [2.75, 3.05) is 23.9 Å². The van der Waals surface area contributed by atoms with Crippen LogP contribution >= 0.6 is 0 Å². The normalized spacial score (nSPS) is 10.4. The molecule has 0 fully saturated rings. The van der Waals surface area contributed by atoms with E-state index in [1.807, 2.05) is 0 Å². The molecule has 28 heavy (non-hydrogen) atoms. The molecule has 0 unspecified atom stereocenters. The van der Waals surface area contributed by atoms with E-state index in [2.05, 4.69) is 0 Å². The van der Waals surface area contributed by atoms with Crippen molar-refractivity contribution in [2.24, 2.45) is 0 Å². The summed E-state index contributed by atoms with van der Waals surface area (Å²) in [5.41, 5.74) is 2.18. The van der Waals surface area contributed by atoms with Gasteiger partial charge in [-0.2, -0.15) is 0 Å². The third kappa shape index (κ3) is 3.96. The van der Waals surface area contributed by atoms with Gasteiger partial charge in [-0.15, -0.1) is 0 Å². The molecule has 3 aromatic rings. The number of anilines is 2. The van der Waals surface area contributed by atoms with Crippen molar-refractivity contribution in [1.29, 1.82) is 0 Å². The number of carbonyl (C=O) groups is 2. The summed E-state index contributed by atoms with van der Waals surface area (Å²) >= 11 is 0. The molecular formula is C22H20N2O4. The van der Waals surface area contributed by atoms with Crippen LogP contribution in [0.2, 0.25) is 0 Å². The van der Waals surface area contributed by atoms with Gasteiger partial charge in [0.25, 0.3) is 11.8 Å². The summed E-state index contributed by atoms with van der Waals surface area (Å²) < 4.78 is 0. The number of phenolic OH excluding ortho intramolecular Hbond substituents is 2. The quantitative estimate of drug-likeness (QED) is 0.728. The van der Waals surface area contributed by atoms with Gasteiger partial charge in [-0.3, -0.25) is 9.59 Å². The largest absolute Gasteiger partial charge is 0.508 e. The molecule has 3 rings (SSSR count). The molecule has 0 aliphatic rings. The number of amides is 2. The van der Waals surface area contributed by atoms with Crippen molar-refractivity contribution in [1.82, 2.24) is 0 Å². The summed E-state index contributed by atoms with van der Waals surface area (Å²) in [5.74, 6) is -0.191. The molecule has 0 spiro atoms. The van der Waals surface area contributed by atoms with Gasteiger partial charge in [0, 0.05) is 36.6 Å². The van der Waals surface area contributed by atoms with Crippen molar-refractivity contribution >= 4 is 23.2 Å². The van der Waals surface area contributed by atoms with Crippen molar-refractivity contribution in [2.45, 2.75) is 0 Å². The van der Waals surface area contributed by atoms with E-state index < -0.39 is 0 Å². The Kier molecular flexibility index (Phi) is 5.31. The lowest BCUT2D eigenvalue weighted by atomic mass is 10.1. The Morgan fingerprint density at radius 2 is 0.857 bits per heavy atom. The molecule has 0 heterocycles. The van der Waals surface area contributed by atoms with E-state index in [1.54, 1.807) is 62.6 Å². The van der Waals surface area contributed by atoms with Crippen LogP contribution in [0, 0.1) is 0 Å². The first-order valence-electron chi connectivity index (χ1n) is 8.61. The number of benzene rings is 3. The van der Waals surface area contributed by atoms with Crippen LogP contribution in [0.5, 0.6) is 11.5 Å². The number of rotatable bonds is 4. The molecule has 0 aromatic heterocycles. The maximum absolute atomic E-state index is 12.6. The number of hydrogen-bond acceptors (Lipinski definition) is 4. The van der Waals surface area contributed by atoms with Gasteiger partial charge in [-0.05, 0) is 72.8 Å². The minimum Gasteiger partial charge on any atom is -0.508 e. The highest BCUT2D eigenvalue weighted by Crippen LogP contribution is 2.21. The third-order valence-electron chi connectivity index (χ3n) is 4.46. The molecule has 0 atom stereocenters. The van der Waals surface area contributed by atoms with Crippen LogP contribution in [-0.4, -0.2) is 36.1 Å². The molecule has 0 bridgehead atoms. The zero-order chi connectivity index (χ0) is 20.3. The predicted molar refractivity (Wildman–Crippen MR) is 108 cm³/mol. The van der Waals surface area contributed by atoms with Gasteiger partial charge in [0.05, 0.1) is 0 Å². The Bertz CT molecular complexity index is 898. The lowest BCUT2D eigenvalue weighted by Gasteiger charge is -2.19. The highest BCUT2D eigenvalue weighted by Gasteiger charge is 2.17. The van der Waals surface area contributed by atoms with Gasteiger partial charge in [0.2, 0.25) is 0 Å². The number of nitrogens with zero attached hydrogens (tertiary/aromatic N) is 2. The topological polar surface area (TPSA) is 81.1 Å². The molecule has 0 saturated heterocycles. The average Bonchev–Trinajstić information content (AvgIpc) is 2.73. The van der Waals surface area contributed by atoms with Gasteiger partial charge >= 0.3 is 0 Å². The predicted octanol–water partition coefficient (Wildman–Crippen LogP) is 3.65. The van der Waals surface area contributed by atoms with Gasteiger partial charge in [0.15, 0.2) is 0 Å². The van der Waals surface area contributed by atoms with Crippen LogP contribution in [0.15, 0.2) is 72.8 Å². The maximum atomic E-state index is 12.6. The monoisotopic (exact) mass is 376 g/mol. The fraction of sp³-hybridized carbons (Fsp3) is 0.0909. The molecule has 6 nitrogen and oxygen atoms in total. The van der Waals surface area contributed by atoms with E-state index in [9.17, 15) is 19.8 Å². The minimum absolute atomic E-state index is 0.130. The molecule has 3 aromatic carbocycles. The summed E-state index contributed by atoms with van der Waals surface area (Å²) in [6.45, 7) is 0. The van der Waals surface area contributed by atoms with Gasteiger partial charge in [-0.25, -0.2) is 0 Å². The van der Waals surface area contributed by atoms with Crippen molar-refractivity contribution < 1.29 is 19.8 Å². The van der Waals surface area contributed by atoms with E-state index in [0.29, 0.717) is 22.5 Å². The van der Waals surface area contributed by atoms with Crippen LogP contribution in [0.1, 0.15) is 20.7 Å². The van der Waals surface area contributed by atoms with Crippen molar-refractivity contribution in [3.05, 3.63) is 83.9 Å². The van der Waals surface area contributed by atoms with Gasteiger partial charge in [-0.1, -0.05) is 0 Å². The van der Waals surface area contributed by atoms with Gasteiger partial charge in [0.1, 0.15) is 11.5 Å². The van der Waals surface area contributed by atoms with Crippen molar-refractivity contribution in [3.8, 4) is 11.5 Å². The fourth-order valence-electron chi connectivity index (χ4n) is 2.73. The van der Waals surface area contributed by atoms with E-state index in [0.717, 1.165) is 0 Å².